The molecule has 0 heterocycles. The van der Waals surface area contributed by atoms with Crippen LogP contribution in [0.3, 0.4) is 0 Å². The SMILES string of the molecule is COc1cc(/C=N\NC(=S)Nc2cccc(C)c2C)cc(Cl)c1OC. The zero-order valence-electron chi connectivity index (χ0n) is 14.5. The Kier molecular flexibility index (Phi) is 6.61. The van der Waals surface area contributed by atoms with Gasteiger partial charge in [-0.3, -0.25) is 5.43 Å². The first-order chi connectivity index (χ1) is 12.0. The maximum absolute atomic E-state index is 6.17. The lowest BCUT2D eigenvalue weighted by Gasteiger charge is -2.12. The van der Waals surface area contributed by atoms with Gasteiger partial charge < -0.3 is 14.8 Å². The summed E-state index contributed by atoms with van der Waals surface area (Å²) < 4.78 is 10.5. The number of hydrogen-bond acceptors (Lipinski definition) is 4. The maximum Gasteiger partial charge on any atom is 0.191 e. The molecule has 0 radical (unpaired) electrons. The molecule has 0 saturated carbocycles. The van der Waals surface area contributed by atoms with Crippen molar-refractivity contribution in [2.24, 2.45) is 5.10 Å². The lowest BCUT2D eigenvalue weighted by molar-refractivity contribution is 0.355. The van der Waals surface area contributed by atoms with Crippen molar-refractivity contribution in [2.75, 3.05) is 19.5 Å². The van der Waals surface area contributed by atoms with E-state index in [-0.39, 0.29) is 0 Å². The smallest absolute Gasteiger partial charge is 0.191 e. The molecule has 0 amide bonds. The molecule has 0 bridgehead atoms. The summed E-state index contributed by atoms with van der Waals surface area (Å²) >= 11 is 11.4. The zero-order chi connectivity index (χ0) is 18.4. The second kappa shape index (κ2) is 8.69. The Hall–Kier alpha value is -2.31. The van der Waals surface area contributed by atoms with E-state index >= 15 is 0 Å². The van der Waals surface area contributed by atoms with E-state index in [9.17, 15) is 0 Å². The van der Waals surface area contributed by atoms with Crippen LogP contribution in [0.2, 0.25) is 5.02 Å². The number of thiocarbonyl (C=S) groups is 1. The molecule has 0 aliphatic carbocycles. The van der Waals surface area contributed by atoms with Gasteiger partial charge in [0.05, 0.1) is 25.5 Å². The highest BCUT2D eigenvalue weighted by atomic mass is 35.5. The Bertz CT molecular complexity index is 809. The summed E-state index contributed by atoms with van der Waals surface area (Å²) in [5, 5.41) is 8.10. The summed E-state index contributed by atoms with van der Waals surface area (Å²) in [6.07, 6.45) is 1.60. The molecule has 132 valence electrons. The van der Waals surface area contributed by atoms with Crippen molar-refractivity contribution in [1.29, 1.82) is 0 Å². The van der Waals surface area contributed by atoms with E-state index in [1.165, 1.54) is 12.7 Å². The molecular formula is C18H20ClN3O2S. The third-order valence-electron chi connectivity index (χ3n) is 3.69. The van der Waals surface area contributed by atoms with E-state index in [2.05, 4.69) is 28.8 Å². The van der Waals surface area contributed by atoms with Gasteiger partial charge in [-0.05, 0) is 61.0 Å². The number of hydrogen-bond donors (Lipinski definition) is 2. The summed E-state index contributed by atoms with van der Waals surface area (Å²) in [7, 11) is 3.09. The minimum atomic E-state index is 0.400. The van der Waals surface area contributed by atoms with Crippen molar-refractivity contribution in [3.05, 3.63) is 52.0 Å². The Morgan fingerprint density at radius 3 is 2.64 bits per heavy atom. The number of aryl methyl sites for hydroxylation is 1. The van der Waals surface area contributed by atoms with Crippen LogP contribution in [0.15, 0.2) is 35.4 Å². The Labute approximate surface area is 158 Å². The van der Waals surface area contributed by atoms with E-state index in [1.807, 2.05) is 19.1 Å². The van der Waals surface area contributed by atoms with Gasteiger partial charge in [0.25, 0.3) is 0 Å². The molecule has 0 fully saturated rings. The highest BCUT2D eigenvalue weighted by Gasteiger charge is 2.10. The van der Waals surface area contributed by atoms with Crippen LogP contribution in [-0.4, -0.2) is 25.5 Å². The summed E-state index contributed by atoms with van der Waals surface area (Å²) in [5.74, 6) is 1.02. The number of rotatable bonds is 5. The quantitative estimate of drug-likeness (QED) is 0.462. The topological polar surface area (TPSA) is 54.9 Å². The number of benzene rings is 2. The fraction of sp³-hybridized carbons (Fsp3) is 0.222. The Balaban J connectivity index is 2.04. The van der Waals surface area contributed by atoms with E-state index in [1.54, 1.807) is 25.5 Å². The third-order valence-corrected chi connectivity index (χ3v) is 4.16. The molecule has 7 heteroatoms. The molecule has 0 aromatic heterocycles. The monoisotopic (exact) mass is 377 g/mol. The molecule has 2 aromatic carbocycles. The molecule has 0 unspecified atom stereocenters. The Morgan fingerprint density at radius 1 is 1.20 bits per heavy atom. The molecular weight excluding hydrogens is 358 g/mol. The van der Waals surface area contributed by atoms with Crippen molar-refractivity contribution < 1.29 is 9.47 Å². The second-order valence-electron chi connectivity index (χ2n) is 5.31. The van der Waals surface area contributed by atoms with Crippen molar-refractivity contribution >= 4 is 40.8 Å². The average Bonchev–Trinajstić information content (AvgIpc) is 2.58. The molecule has 0 saturated heterocycles. The normalized spacial score (nSPS) is 10.6. The van der Waals surface area contributed by atoms with Crippen LogP contribution in [0, 0.1) is 13.8 Å². The third kappa shape index (κ3) is 4.84. The standard InChI is InChI=1S/C18H20ClN3O2S/c1-11-6-5-7-15(12(11)2)21-18(25)22-20-10-13-8-14(19)17(24-4)16(9-13)23-3/h5-10H,1-4H3,(H2,21,22,25)/b20-10-. The first-order valence-electron chi connectivity index (χ1n) is 7.54. The lowest BCUT2D eigenvalue weighted by atomic mass is 10.1. The molecule has 25 heavy (non-hydrogen) atoms. The predicted molar refractivity (Wildman–Crippen MR) is 107 cm³/mol. The minimum absolute atomic E-state index is 0.400. The second-order valence-corrected chi connectivity index (χ2v) is 6.13. The van der Waals surface area contributed by atoms with E-state index in [4.69, 9.17) is 33.3 Å². The number of nitrogens with zero attached hydrogens (tertiary/aromatic N) is 1. The van der Waals surface area contributed by atoms with E-state index in [0.29, 0.717) is 21.6 Å². The van der Waals surface area contributed by atoms with E-state index in [0.717, 1.165) is 16.8 Å². The van der Waals surface area contributed by atoms with Crippen LogP contribution in [0.1, 0.15) is 16.7 Å². The van der Waals surface area contributed by atoms with Gasteiger partial charge >= 0.3 is 0 Å². The van der Waals surface area contributed by atoms with Crippen LogP contribution in [0.25, 0.3) is 0 Å². The van der Waals surface area contributed by atoms with Crippen LogP contribution >= 0.6 is 23.8 Å². The highest BCUT2D eigenvalue weighted by Crippen LogP contribution is 2.35. The summed E-state index contributed by atoms with van der Waals surface area (Å²) in [5.41, 5.74) is 6.82. The summed E-state index contributed by atoms with van der Waals surface area (Å²) in [6.45, 7) is 4.09. The van der Waals surface area contributed by atoms with Gasteiger partial charge in [-0.25, -0.2) is 0 Å². The number of nitrogens with one attached hydrogen (secondary N) is 2. The van der Waals surface area contributed by atoms with Gasteiger partial charge in [-0.15, -0.1) is 0 Å². The molecule has 2 rings (SSSR count). The van der Waals surface area contributed by atoms with Crippen molar-refractivity contribution in [3.8, 4) is 11.5 Å². The summed E-state index contributed by atoms with van der Waals surface area (Å²) in [6, 6.07) is 9.50. The predicted octanol–water partition coefficient (Wildman–Crippen LogP) is 4.29. The number of methoxy groups -OCH3 is 2. The maximum atomic E-state index is 6.17. The van der Waals surface area contributed by atoms with Crippen LogP contribution in [0.4, 0.5) is 5.69 Å². The summed E-state index contributed by atoms with van der Waals surface area (Å²) in [4.78, 5) is 0. The molecule has 2 aromatic rings. The van der Waals surface area contributed by atoms with Crippen LogP contribution in [-0.2, 0) is 0 Å². The van der Waals surface area contributed by atoms with Crippen molar-refractivity contribution in [2.45, 2.75) is 13.8 Å². The molecule has 5 nitrogen and oxygen atoms in total. The zero-order valence-corrected chi connectivity index (χ0v) is 16.1. The molecule has 2 N–H and O–H groups in total. The minimum Gasteiger partial charge on any atom is -0.493 e. The van der Waals surface area contributed by atoms with Gasteiger partial charge in [0, 0.05) is 5.69 Å². The number of anilines is 1. The van der Waals surface area contributed by atoms with Gasteiger partial charge in [0.1, 0.15) is 0 Å². The fourth-order valence-corrected chi connectivity index (χ4v) is 2.67. The highest BCUT2D eigenvalue weighted by molar-refractivity contribution is 7.80. The Morgan fingerprint density at radius 2 is 1.96 bits per heavy atom. The van der Waals surface area contributed by atoms with Gasteiger partial charge in [0.15, 0.2) is 16.6 Å². The number of ether oxygens (including phenoxy) is 2. The van der Waals surface area contributed by atoms with Crippen molar-refractivity contribution in [1.82, 2.24) is 5.43 Å². The molecule has 0 aliphatic heterocycles. The molecule has 0 atom stereocenters. The first-order valence-corrected chi connectivity index (χ1v) is 8.32. The number of hydrazone groups is 1. The average molecular weight is 378 g/mol. The largest absolute Gasteiger partial charge is 0.493 e. The van der Waals surface area contributed by atoms with Crippen LogP contribution < -0.4 is 20.2 Å². The van der Waals surface area contributed by atoms with E-state index < -0.39 is 0 Å². The lowest BCUT2D eigenvalue weighted by Crippen LogP contribution is -2.24. The molecule has 0 spiro atoms. The fourth-order valence-electron chi connectivity index (χ4n) is 2.21. The van der Waals surface area contributed by atoms with Gasteiger partial charge in [-0.1, -0.05) is 23.7 Å². The molecule has 0 aliphatic rings. The van der Waals surface area contributed by atoms with Crippen molar-refractivity contribution in [3.63, 3.8) is 0 Å². The van der Waals surface area contributed by atoms with Crippen LogP contribution in [0.5, 0.6) is 11.5 Å². The van der Waals surface area contributed by atoms with Gasteiger partial charge in [0.2, 0.25) is 0 Å². The van der Waals surface area contributed by atoms with Gasteiger partial charge in [-0.2, -0.15) is 5.10 Å². The first kappa shape index (κ1) is 19.0. The number of halogens is 1.